The Kier molecular flexibility index (Phi) is 8.98. The van der Waals surface area contributed by atoms with Crippen LogP contribution in [0.5, 0.6) is 5.75 Å². The smallest absolute Gasteiger partial charge is 0.336 e. The molecule has 1 heterocycles. The Labute approximate surface area is 224 Å². The second-order valence-electron chi connectivity index (χ2n) is 9.25. The molecule has 196 valence electrons. The summed E-state index contributed by atoms with van der Waals surface area (Å²) >= 11 is 0. The molecule has 1 unspecified atom stereocenters. The lowest BCUT2D eigenvalue weighted by Gasteiger charge is -2.31. The molecule has 6 heteroatoms. The van der Waals surface area contributed by atoms with E-state index in [2.05, 4.69) is 22.8 Å². The summed E-state index contributed by atoms with van der Waals surface area (Å²) in [6.07, 6.45) is 1.51. The Morgan fingerprint density at radius 3 is 2.11 bits per heavy atom. The maximum Gasteiger partial charge on any atom is 0.336 e. The van der Waals surface area contributed by atoms with Crippen molar-refractivity contribution in [3.05, 3.63) is 124 Å². The summed E-state index contributed by atoms with van der Waals surface area (Å²) in [4.78, 5) is 26.7. The van der Waals surface area contributed by atoms with Gasteiger partial charge in [0.05, 0.1) is 18.1 Å². The van der Waals surface area contributed by atoms with Crippen molar-refractivity contribution in [1.82, 2.24) is 10.6 Å². The fraction of sp³-hybridized carbons (Fsp3) is 0.250. The zero-order valence-electron chi connectivity index (χ0n) is 22.1. The average Bonchev–Trinajstić information content (AvgIpc) is 2.94. The number of amides is 1. The van der Waals surface area contributed by atoms with Gasteiger partial charge in [0.2, 0.25) is 5.91 Å². The van der Waals surface area contributed by atoms with E-state index in [1.165, 1.54) is 5.56 Å². The lowest BCUT2D eigenvalue weighted by molar-refractivity contribution is -0.139. The third-order valence-electron chi connectivity index (χ3n) is 6.60. The molecule has 1 aliphatic rings. The van der Waals surface area contributed by atoms with Crippen LogP contribution in [0.1, 0.15) is 42.9 Å². The topological polar surface area (TPSA) is 76.7 Å². The number of para-hydroxylation sites is 1. The number of aryl methyl sites for hydroxylation is 1. The molecule has 0 spiro atoms. The molecule has 6 nitrogen and oxygen atoms in total. The van der Waals surface area contributed by atoms with E-state index in [-0.39, 0.29) is 12.5 Å². The van der Waals surface area contributed by atoms with Crippen molar-refractivity contribution < 1.29 is 19.1 Å². The number of esters is 1. The van der Waals surface area contributed by atoms with Gasteiger partial charge in [0.1, 0.15) is 12.4 Å². The molecular weight excluding hydrogens is 476 g/mol. The second kappa shape index (κ2) is 12.8. The summed E-state index contributed by atoms with van der Waals surface area (Å²) in [5.41, 5.74) is 5.17. The Morgan fingerprint density at radius 1 is 0.816 bits per heavy atom. The van der Waals surface area contributed by atoms with Crippen molar-refractivity contribution in [2.24, 2.45) is 0 Å². The number of allylic oxidation sites excluding steroid dienone is 2. The number of hydrogen-bond donors (Lipinski definition) is 2. The minimum absolute atomic E-state index is 0.264. The summed E-state index contributed by atoms with van der Waals surface area (Å²) in [5.74, 6) is -0.746. The van der Waals surface area contributed by atoms with Crippen molar-refractivity contribution in [3.8, 4) is 5.75 Å². The van der Waals surface area contributed by atoms with Gasteiger partial charge in [0, 0.05) is 29.6 Å². The highest BCUT2D eigenvalue weighted by molar-refractivity contribution is 6.02. The number of hydrogen-bond acceptors (Lipinski definition) is 5. The largest absolute Gasteiger partial charge is 0.489 e. The molecule has 3 aromatic rings. The molecule has 0 saturated heterocycles. The highest BCUT2D eigenvalue weighted by atomic mass is 16.5. The standard InChI is InChI=1S/C32H34N2O4/c1-22-28(31(35)33-3)30(26-18-10-11-19-27(26)38-21-25-15-8-5-9-16-25)29(23(2)34-22)32(36)37-20-12-17-24-13-6-4-7-14-24/h4-11,13-16,18-19,30,34H,12,17,20-21H2,1-3H3,(H,33,35). The van der Waals surface area contributed by atoms with Crippen LogP contribution < -0.4 is 15.4 Å². The predicted molar refractivity (Wildman–Crippen MR) is 148 cm³/mol. The Morgan fingerprint density at radius 2 is 1.42 bits per heavy atom. The monoisotopic (exact) mass is 510 g/mol. The zero-order chi connectivity index (χ0) is 26.9. The summed E-state index contributed by atoms with van der Waals surface area (Å²) < 4.78 is 12.0. The molecule has 2 N–H and O–H groups in total. The first-order valence-electron chi connectivity index (χ1n) is 12.9. The van der Waals surface area contributed by atoms with Crippen LogP contribution in [0.15, 0.2) is 107 Å². The van der Waals surface area contributed by atoms with Gasteiger partial charge in [-0.2, -0.15) is 0 Å². The molecular formula is C32H34N2O4. The molecule has 0 bridgehead atoms. The van der Waals surface area contributed by atoms with Gasteiger partial charge < -0.3 is 20.1 Å². The van der Waals surface area contributed by atoms with Crippen molar-refractivity contribution in [2.75, 3.05) is 13.7 Å². The Hall–Kier alpha value is -4.32. The minimum Gasteiger partial charge on any atom is -0.489 e. The van der Waals surface area contributed by atoms with E-state index in [1.54, 1.807) is 7.05 Å². The van der Waals surface area contributed by atoms with Crippen molar-refractivity contribution in [1.29, 1.82) is 0 Å². The van der Waals surface area contributed by atoms with Gasteiger partial charge in [-0.25, -0.2) is 4.79 Å². The lowest BCUT2D eigenvalue weighted by Crippen LogP contribution is -2.35. The molecule has 1 amide bonds. The highest BCUT2D eigenvalue weighted by Gasteiger charge is 2.38. The van der Waals surface area contributed by atoms with E-state index in [4.69, 9.17) is 9.47 Å². The van der Waals surface area contributed by atoms with E-state index in [1.807, 2.05) is 86.6 Å². The fourth-order valence-corrected chi connectivity index (χ4v) is 4.76. The third-order valence-corrected chi connectivity index (χ3v) is 6.60. The number of benzene rings is 3. The Balaban J connectivity index is 1.62. The minimum atomic E-state index is -0.648. The van der Waals surface area contributed by atoms with E-state index in [0.29, 0.717) is 41.3 Å². The molecule has 3 aromatic carbocycles. The van der Waals surface area contributed by atoms with Crippen LogP contribution in [0.25, 0.3) is 0 Å². The van der Waals surface area contributed by atoms with Crippen molar-refractivity contribution in [3.63, 3.8) is 0 Å². The van der Waals surface area contributed by atoms with Gasteiger partial charge in [-0.1, -0.05) is 78.9 Å². The molecule has 0 aromatic heterocycles. The van der Waals surface area contributed by atoms with E-state index >= 15 is 0 Å². The number of dihydropyridines is 1. The number of ether oxygens (including phenoxy) is 2. The van der Waals surface area contributed by atoms with Crippen LogP contribution >= 0.6 is 0 Å². The summed E-state index contributed by atoms with van der Waals surface area (Å²) in [6, 6.07) is 27.5. The fourth-order valence-electron chi connectivity index (χ4n) is 4.76. The van der Waals surface area contributed by atoms with E-state index < -0.39 is 11.9 Å². The Bertz CT molecular complexity index is 1330. The normalized spacial score (nSPS) is 15.1. The maximum atomic E-state index is 13.5. The molecule has 38 heavy (non-hydrogen) atoms. The van der Waals surface area contributed by atoms with Gasteiger partial charge >= 0.3 is 5.97 Å². The van der Waals surface area contributed by atoms with Gasteiger partial charge in [-0.3, -0.25) is 4.79 Å². The number of carbonyl (C=O) groups excluding carboxylic acids is 2. The van der Waals surface area contributed by atoms with Crippen LogP contribution in [-0.2, 0) is 27.4 Å². The summed E-state index contributed by atoms with van der Waals surface area (Å²) in [5, 5.41) is 5.96. The van der Waals surface area contributed by atoms with Gasteiger partial charge in [-0.05, 0) is 43.9 Å². The molecule has 0 saturated carbocycles. The van der Waals surface area contributed by atoms with Crippen LogP contribution in [0.3, 0.4) is 0 Å². The summed E-state index contributed by atoms with van der Waals surface area (Å²) in [7, 11) is 1.59. The quantitative estimate of drug-likeness (QED) is 0.281. The summed E-state index contributed by atoms with van der Waals surface area (Å²) in [6.45, 7) is 4.33. The van der Waals surface area contributed by atoms with E-state index in [9.17, 15) is 9.59 Å². The molecule has 0 aliphatic carbocycles. The maximum absolute atomic E-state index is 13.5. The number of nitrogens with one attached hydrogen (secondary N) is 2. The molecule has 1 aliphatic heterocycles. The second-order valence-corrected chi connectivity index (χ2v) is 9.25. The molecule has 0 fully saturated rings. The number of likely N-dealkylation sites (N-methyl/N-ethyl adjacent to an activating group) is 1. The first kappa shape index (κ1) is 26.7. The number of rotatable bonds is 10. The van der Waals surface area contributed by atoms with Crippen molar-refractivity contribution in [2.45, 2.75) is 39.2 Å². The molecule has 4 rings (SSSR count). The lowest BCUT2D eigenvalue weighted by atomic mass is 9.79. The SMILES string of the molecule is CNC(=O)C1=C(C)NC(C)=C(C(=O)OCCCc2ccccc2)C1c1ccccc1OCc1ccccc1. The first-order chi connectivity index (χ1) is 18.5. The van der Waals surface area contributed by atoms with Gasteiger partial charge in [-0.15, -0.1) is 0 Å². The van der Waals surface area contributed by atoms with Crippen LogP contribution in [0.2, 0.25) is 0 Å². The zero-order valence-corrected chi connectivity index (χ0v) is 22.1. The van der Waals surface area contributed by atoms with Gasteiger partial charge in [0.25, 0.3) is 0 Å². The number of carbonyl (C=O) groups is 2. The predicted octanol–water partition coefficient (Wildman–Crippen LogP) is 5.42. The average molecular weight is 511 g/mol. The highest BCUT2D eigenvalue weighted by Crippen LogP contribution is 2.42. The van der Waals surface area contributed by atoms with E-state index in [0.717, 1.165) is 17.5 Å². The van der Waals surface area contributed by atoms with Crippen LogP contribution in [0, 0.1) is 0 Å². The first-order valence-corrected chi connectivity index (χ1v) is 12.9. The molecule has 1 atom stereocenters. The van der Waals surface area contributed by atoms with Crippen LogP contribution in [0.4, 0.5) is 0 Å². The van der Waals surface area contributed by atoms with Crippen LogP contribution in [-0.4, -0.2) is 25.5 Å². The molecule has 0 radical (unpaired) electrons. The van der Waals surface area contributed by atoms with Gasteiger partial charge in [0.15, 0.2) is 0 Å². The van der Waals surface area contributed by atoms with Crippen molar-refractivity contribution >= 4 is 11.9 Å². The third kappa shape index (κ3) is 6.32.